The molecule has 1 rings (SSSR count). The van der Waals surface area contributed by atoms with E-state index in [9.17, 15) is 19.5 Å². The van der Waals surface area contributed by atoms with Gasteiger partial charge < -0.3 is 19.7 Å². The molecule has 0 spiro atoms. The van der Waals surface area contributed by atoms with Crippen molar-refractivity contribution in [2.24, 2.45) is 0 Å². The minimum atomic E-state index is -1.56. The number of aliphatic hydroxyl groups is 1. The molecule has 0 heterocycles. The van der Waals surface area contributed by atoms with Crippen molar-refractivity contribution in [2.45, 2.75) is 20.8 Å². The van der Waals surface area contributed by atoms with Crippen LogP contribution < -0.4 is 9.47 Å². The number of aliphatic carboxylic acids is 1. The molecule has 0 aliphatic rings. The summed E-state index contributed by atoms with van der Waals surface area (Å²) in [4.78, 5) is 33.1. The maximum atomic E-state index is 11.1. The molecule has 2 N–H and O–H groups in total. The van der Waals surface area contributed by atoms with Gasteiger partial charge in [-0.25, -0.2) is 4.79 Å². The Hall–Kier alpha value is -2.83. The van der Waals surface area contributed by atoms with Crippen LogP contribution in [-0.4, -0.2) is 28.1 Å². The number of hydrogen-bond donors (Lipinski definition) is 2. The van der Waals surface area contributed by atoms with E-state index < -0.39 is 23.7 Å². The zero-order chi connectivity index (χ0) is 16.2. The number of ether oxygens (including phenoxy) is 2. The molecule has 0 amide bonds. The smallest absolute Gasteiger partial charge is 0.371 e. The summed E-state index contributed by atoms with van der Waals surface area (Å²) in [7, 11) is 0. The van der Waals surface area contributed by atoms with Crippen LogP contribution in [0.1, 0.15) is 26.3 Å². The first-order valence-corrected chi connectivity index (χ1v) is 5.87. The van der Waals surface area contributed by atoms with E-state index in [0.29, 0.717) is 0 Å². The number of rotatable bonds is 4. The van der Waals surface area contributed by atoms with Crippen LogP contribution in [0.3, 0.4) is 0 Å². The number of aliphatic hydroxyl groups excluding tert-OH is 1. The topological polar surface area (TPSA) is 110 Å². The number of hydrogen-bond acceptors (Lipinski definition) is 6. The van der Waals surface area contributed by atoms with Crippen LogP contribution in [0.5, 0.6) is 11.5 Å². The summed E-state index contributed by atoms with van der Waals surface area (Å²) in [5.74, 6) is -3.82. The van der Waals surface area contributed by atoms with Gasteiger partial charge in [-0.3, -0.25) is 9.59 Å². The monoisotopic (exact) mass is 294 g/mol. The molecular weight excluding hydrogens is 280 g/mol. The molecular formula is C14H14O7. The number of allylic oxidation sites excluding steroid dienone is 1. The molecule has 0 unspecified atom stereocenters. The van der Waals surface area contributed by atoms with E-state index in [1.165, 1.54) is 39.0 Å². The third kappa shape index (κ3) is 4.07. The Morgan fingerprint density at radius 2 is 1.33 bits per heavy atom. The molecule has 0 saturated heterocycles. The number of carboxylic acid groups (broad SMARTS) is 1. The molecule has 7 heteroatoms. The van der Waals surface area contributed by atoms with Crippen LogP contribution >= 0.6 is 0 Å². The molecule has 0 fully saturated rings. The van der Waals surface area contributed by atoms with Crippen molar-refractivity contribution in [2.75, 3.05) is 0 Å². The van der Waals surface area contributed by atoms with Gasteiger partial charge in [-0.1, -0.05) is 6.07 Å². The maximum absolute atomic E-state index is 11.1. The lowest BCUT2D eigenvalue weighted by molar-refractivity contribution is -0.135. The first kappa shape index (κ1) is 16.2. The standard InChI is InChI=1S/C14H14O7/c1-7(13(17)14(18)19)12-10(20-8(2)15)5-4-6-11(12)21-9(3)16/h4-6,17H,1-3H3,(H,18,19). The van der Waals surface area contributed by atoms with E-state index in [2.05, 4.69) is 0 Å². The molecule has 0 radical (unpaired) electrons. The van der Waals surface area contributed by atoms with Crippen LogP contribution in [0.25, 0.3) is 5.57 Å². The molecule has 0 atom stereocenters. The van der Waals surface area contributed by atoms with E-state index in [4.69, 9.17) is 14.6 Å². The minimum Gasteiger partial charge on any atom is -0.502 e. The highest BCUT2D eigenvalue weighted by Crippen LogP contribution is 2.36. The van der Waals surface area contributed by atoms with E-state index in [1.807, 2.05) is 0 Å². The Morgan fingerprint density at radius 1 is 0.905 bits per heavy atom. The van der Waals surface area contributed by atoms with Crippen LogP contribution in [0.4, 0.5) is 0 Å². The highest BCUT2D eigenvalue weighted by atomic mass is 16.5. The van der Waals surface area contributed by atoms with E-state index in [0.717, 1.165) is 0 Å². The van der Waals surface area contributed by atoms with Gasteiger partial charge in [0.1, 0.15) is 11.5 Å². The van der Waals surface area contributed by atoms with E-state index in [1.54, 1.807) is 0 Å². The number of carbonyl (C=O) groups is 3. The van der Waals surface area contributed by atoms with Gasteiger partial charge in [0.2, 0.25) is 5.76 Å². The van der Waals surface area contributed by atoms with Crippen molar-refractivity contribution in [3.05, 3.63) is 29.5 Å². The van der Waals surface area contributed by atoms with Gasteiger partial charge in [-0.05, 0) is 19.1 Å². The second-order valence-corrected chi connectivity index (χ2v) is 4.10. The van der Waals surface area contributed by atoms with Crippen molar-refractivity contribution < 1.29 is 34.1 Å². The van der Waals surface area contributed by atoms with E-state index >= 15 is 0 Å². The predicted octanol–water partition coefficient (Wildman–Crippen LogP) is 1.91. The van der Waals surface area contributed by atoms with Crippen molar-refractivity contribution >= 4 is 23.5 Å². The second kappa shape index (κ2) is 6.56. The molecule has 21 heavy (non-hydrogen) atoms. The van der Waals surface area contributed by atoms with Gasteiger partial charge in [-0.15, -0.1) is 0 Å². The third-order valence-corrected chi connectivity index (χ3v) is 2.43. The van der Waals surface area contributed by atoms with Crippen LogP contribution in [0.15, 0.2) is 24.0 Å². The van der Waals surface area contributed by atoms with Gasteiger partial charge in [0.15, 0.2) is 0 Å². The lowest BCUT2D eigenvalue weighted by Crippen LogP contribution is -2.09. The van der Waals surface area contributed by atoms with Crippen LogP contribution in [0.2, 0.25) is 0 Å². The Bertz CT molecular complexity index is 594. The van der Waals surface area contributed by atoms with E-state index in [-0.39, 0.29) is 22.6 Å². The summed E-state index contributed by atoms with van der Waals surface area (Å²) >= 11 is 0. The zero-order valence-electron chi connectivity index (χ0n) is 11.7. The van der Waals surface area contributed by atoms with Gasteiger partial charge in [0, 0.05) is 19.4 Å². The minimum absolute atomic E-state index is 0.0165. The lowest BCUT2D eigenvalue weighted by Gasteiger charge is -2.14. The maximum Gasteiger partial charge on any atom is 0.371 e. The SMILES string of the molecule is CC(=O)Oc1cccc(OC(C)=O)c1C(C)=C(O)C(=O)O. The average Bonchev–Trinajstić information content (AvgIpc) is 2.35. The summed E-state index contributed by atoms with van der Waals surface area (Å²) in [5.41, 5.74) is -0.0848. The van der Waals surface area contributed by atoms with Gasteiger partial charge >= 0.3 is 17.9 Å². The number of esters is 2. The largest absolute Gasteiger partial charge is 0.502 e. The van der Waals surface area contributed by atoms with Crippen LogP contribution in [-0.2, 0) is 14.4 Å². The normalized spacial score (nSPS) is 11.4. The Labute approximate surface area is 120 Å². The highest BCUT2D eigenvalue weighted by molar-refractivity contribution is 5.95. The highest BCUT2D eigenvalue weighted by Gasteiger charge is 2.21. The second-order valence-electron chi connectivity index (χ2n) is 4.10. The van der Waals surface area contributed by atoms with Crippen molar-refractivity contribution in [3.63, 3.8) is 0 Å². The van der Waals surface area contributed by atoms with Crippen molar-refractivity contribution in [1.82, 2.24) is 0 Å². The Kier molecular flexibility index (Phi) is 5.06. The fourth-order valence-electron chi connectivity index (χ4n) is 1.64. The molecule has 1 aromatic carbocycles. The Balaban J connectivity index is 3.55. The molecule has 0 aromatic heterocycles. The van der Waals surface area contributed by atoms with Gasteiger partial charge in [0.05, 0.1) is 5.56 Å². The first-order valence-electron chi connectivity index (χ1n) is 5.87. The summed E-state index contributed by atoms with van der Waals surface area (Å²) in [6, 6.07) is 4.25. The van der Waals surface area contributed by atoms with Gasteiger partial charge in [-0.2, -0.15) is 0 Å². The molecule has 0 aliphatic heterocycles. The molecule has 0 saturated carbocycles. The van der Waals surface area contributed by atoms with Crippen LogP contribution in [0, 0.1) is 0 Å². The Morgan fingerprint density at radius 3 is 1.67 bits per heavy atom. The fourth-order valence-corrected chi connectivity index (χ4v) is 1.64. The number of benzene rings is 1. The molecule has 7 nitrogen and oxygen atoms in total. The van der Waals surface area contributed by atoms with Crippen molar-refractivity contribution in [1.29, 1.82) is 0 Å². The zero-order valence-corrected chi connectivity index (χ0v) is 11.7. The molecule has 0 bridgehead atoms. The van der Waals surface area contributed by atoms with Crippen molar-refractivity contribution in [3.8, 4) is 11.5 Å². The first-order chi connectivity index (χ1) is 9.73. The average molecular weight is 294 g/mol. The number of carbonyl (C=O) groups excluding carboxylic acids is 2. The molecule has 112 valence electrons. The fraction of sp³-hybridized carbons (Fsp3) is 0.214. The summed E-state index contributed by atoms with van der Waals surface area (Å²) < 4.78 is 9.90. The third-order valence-electron chi connectivity index (χ3n) is 2.43. The number of carboxylic acids is 1. The summed E-state index contributed by atoms with van der Waals surface area (Å²) in [6.45, 7) is 3.63. The predicted molar refractivity (Wildman–Crippen MR) is 71.9 cm³/mol. The molecule has 0 aliphatic carbocycles. The summed E-state index contributed by atoms with van der Waals surface area (Å²) in [6.07, 6.45) is 0. The molecule has 1 aromatic rings. The summed E-state index contributed by atoms with van der Waals surface area (Å²) in [5, 5.41) is 18.4. The quantitative estimate of drug-likeness (QED) is 0.377. The van der Waals surface area contributed by atoms with Gasteiger partial charge in [0.25, 0.3) is 0 Å². The lowest BCUT2D eigenvalue weighted by atomic mass is 10.0.